The van der Waals surface area contributed by atoms with Crippen molar-refractivity contribution in [3.05, 3.63) is 40.1 Å². The number of benzene rings is 1. The van der Waals surface area contributed by atoms with Gasteiger partial charge in [-0.25, -0.2) is 13.6 Å². The van der Waals surface area contributed by atoms with Gasteiger partial charge in [0.25, 0.3) is 6.43 Å². The molecule has 3 heterocycles. The number of fused-ring (bicyclic) bond motifs is 1. The van der Waals surface area contributed by atoms with E-state index in [9.17, 15) is 13.6 Å². The first-order valence-electron chi connectivity index (χ1n) is 13.6. The minimum atomic E-state index is -2.63. The number of nitrogens with two attached hydrogens (primary N) is 1. The molecule has 0 spiro atoms. The summed E-state index contributed by atoms with van der Waals surface area (Å²) < 4.78 is 28.1. The quantitative estimate of drug-likeness (QED) is 0.389. The van der Waals surface area contributed by atoms with E-state index >= 15 is 0 Å². The Kier molecular flexibility index (Phi) is 8.57. The molecule has 0 radical (unpaired) electrons. The number of hydrogen-bond donors (Lipinski definition) is 3. The Balaban J connectivity index is 0.000000494. The predicted molar refractivity (Wildman–Crippen MR) is 148 cm³/mol. The minimum Gasteiger partial charge on any atom is -0.402 e. The van der Waals surface area contributed by atoms with Gasteiger partial charge in [0.2, 0.25) is 0 Å². The van der Waals surface area contributed by atoms with Crippen LogP contribution >= 0.6 is 0 Å². The lowest BCUT2D eigenvalue weighted by atomic mass is 9.89. The van der Waals surface area contributed by atoms with Crippen LogP contribution in [0.4, 0.5) is 19.3 Å². The molecular formula is C28H41F2N7O. The fraction of sp³-hybridized carbons (Fsp3) is 0.607. The molecule has 1 aliphatic carbocycles. The van der Waals surface area contributed by atoms with Gasteiger partial charge in [-0.15, -0.1) is 0 Å². The van der Waals surface area contributed by atoms with Gasteiger partial charge in [0.1, 0.15) is 5.84 Å². The number of alkyl halides is 2. The normalized spacial score (nSPS) is 21.1. The lowest BCUT2D eigenvalue weighted by Crippen LogP contribution is -2.47. The van der Waals surface area contributed by atoms with Crippen LogP contribution in [0.1, 0.15) is 68.6 Å². The second-order valence-electron chi connectivity index (χ2n) is 11.0. The number of aryl methyl sites for hydroxylation is 1. The van der Waals surface area contributed by atoms with E-state index in [2.05, 4.69) is 24.3 Å². The topological polar surface area (TPSA) is 101 Å². The first kappa shape index (κ1) is 27.9. The Bertz CT molecular complexity index is 1110. The smallest absolute Gasteiger partial charge is 0.317 e. The van der Waals surface area contributed by atoms with Gasteiger partial charge in [-0.2, -0.15) is 5.10 Å². The zero-order valence-electron chi connectivity index (χ0n) is 22.9. The highest BCUT2D eigenvalue weighted by Gasteiger charge is 2.32. The number of rotatable bonds is 4. The lowest BCUT2D eigenvalue weighted by Gasteiger charge is -2.36. The fourth-order valence-electron chi connectivity index (χ4n) is 5.42. The molecule has 208 valence electrons. The van der Waals surface area contributed by atoms with Gasteiger partial charge in [0.15, 0.2) is 0 Å². The number of amides is 2. The van der Waals surface area contributed by atoms with E-state index in [4.69, 9.17) is 11.1 Å². The third-order valence-corrected chi connectivity index (χ3v) is 7.95. The van der Waals surface area contributed by atoms with Crippen LogP contribution < -0.4 is 16.0 Å². The highest BCUT2D eigenvalue weighted by molar-refractivity contribution is 6.09. The van der Waals surface area contributed by atoms with Crippen LogP contribution in [0.25, 0.3) is 0 Å². The first-order valence-corrected chi connectivity index (χ1v) is 13.6. The molecule has 1 aromatic rings. The molecule has 2 amide bonds. The average Bonchev–Trinajstić information content (AvgIpc) is 3.68. The van der Waals surface area contributed by atoms with Crippen molar-refractivity contribution in [1.82, 2.24) is 15.2 Å². The van der Waals surface area contributed by atoms with Gasteiger partial charge >= 0.3 is 6.03 Å². The van der Waals surface area contributed by atoms with Crippen molar-refractivity contribution >= 4 is 23.8 Å². The SMILES string of the molecule is CC(C)C1CC1.CNC(=O)N1CCC(N)=C(C(=N)N2CCCc3cc(C4C=NN(C)C4)c(C(F)F)cc32)C1. The summed E-state index contributed by atoms with van der Waals surface area (Å²) in [5.74, 6) is 2.06. The molecule has 4 aliphatic rings. The number of hydrazone groups is 1. The molecule has 1 unspecified atom stereocenters. The molecule has 10 heteroatoms. The number of amidine groups is 1. The summed E-state index contributed by atoms with van der Waals surface area (Å²) in [6.45, 7) is 6.42. The highest BCUT2D eigenvalue weighted by Crippen LogP contribution is 2.39. The summed E-state index contributed by atoms with van der Waals surface area (Å²) in [4.78, 5) is 15.5. The molecule has 8 nitrogen and oxygen atoms in total. The Labute approximate surface area is 224 Å². The summed E-state index contributed by atoms with van der Waals surface area (Å²) in [7, 11) is 3.39. The van der Waals surface area contributed by atoms with Crippen LogP contribution in [-0.2, 0) is 6.42 Å². The fourth-order valence-corrected chi connectivity index (χ4v) is 5.42. The maximum Gasteiger partial charge on any atom is 0.317 e. The van der Waals surface area contributed by atoms with Crippen LogP contribution in [0.2, 0.25) is 0 Å². The lowest BCUT2D eigenvalue weighted by molar-refractivity contribution is 0.150. The second-order valence-corrected chi connectivity index (χ2v) is 11.0. The minimum absolute atomic E-state index is 0.0206. The van der Waals surface area contributed by atoms with Crippen molar-refractivity contribution < 1.29 is 13.6 Å². The third-order valence-electron chi connectivity index (χ3n) is 7.95. The number of anilines is 1. The van der Waals surface area contributed by atoms with Crippen LogP contribution in [0.5, 0.6) is 0 Å². The molecule has 38 heavy (non-hydrogen) atoms. The summed E-state index contributed by atoms with van der Waals surface area (Å²) in [5, 5.41) is 17.4. The van der Waals surface area contributed by atoms with E-state index < -0.39 is 6.43 Å². The molecule has 1 fully saturated rings. The van der Waals surface area contributed by atoms with E-state index in [1.54, 1.807) is 28.1 Å². The maximum absolute atomic E-state index is 14.1. The Morgan fingerprint density at radius 1 is 1.21 bits per heavy atom. The van der Waals surface area contributed by atoms with E-state index in [1.807, 2.05) is 13.1 Å². The number of halogens is 2. The van der Waals surface area contributed by atoms with Gasteiger partial charge in [0, 0.05) is 74.8 Å². The van der Waals surface area contributed by atoms with E-state index in [-0.39, 0.29) is 29.9 Å². The number of urea groups is 1. The number of nitrogens with zero attached hydrogens (tertiary/aromatic N) is 4. The summed E-state index contributed by atoms with van der Waals surface area (Å²) >= 11 is 0. The summed E-state index contributed by atoms with van der Waals surface area (Å²) in [5.41, 5.74) is 9.51. The Morgan fingerprint density at radius 3 is 2.50 bits per heavy atom. The van der Waals surface area contributed by atoms with Gasteiger partial charge in [0.05, 0.1) is 6.54 Å². The first-order chi connectivity index (χ1) is 18.1. The Hall–Kier alpha value is -3.17. The molecule has 3 aliphatic heterocycles. The maximum atomic E-state index is 14.1. The van der Waals surface area contributed by atoms with Crippen LogP contribution in [0, 0.1) is 17.2 Å². The van der Waals surface area contributed by atoms with Gasteiger partial charge < -0.3 is 20.9 Å². The monoisotopic (exact) mass is 529 g/mol. The van der Waals surface area contributed by atoms with Crippen molar-refractivity contribution in [1.29, 1.82) is 5.41 Å². The Morgan fingerprint density at radius 2 is 1.95 bits per heavy atom. The van der Waals surface area contributed by atoms with Crippen LogP contribution in [0.15, 0.2) is 28.5 Å². The summed E-state index contributed by atoms with van der Waals surface area (Å²) in [6, 6.07) is 3.17. The molecule has 0 saturated heterocycles. The van der Waals surface area contributed by atoms with Crippen molar-refractivity contribution in [2.45, 2.75) is 58.3 Å². The number of carbonyl (C=O) groups excluding carboxylic acids is 1. The highest BCUT2D eigenvalue weighted by atomic mass is 19.3. The van der Waals surface area contributed by atoms with Crippen LogP contribution in [0.3, 0.4) is 0 Å². The molecular weight excluding hydrogens is 488 g/mol. The average molecular weight is 530 g/mol. The molecule has 1 atom stereocenters. The molecule has 4 N–H and O–H groups in total. The summed E-state index contributed by atoms with van der Waals surface area (Å²) in [6.07, 6.45) is 4.12. The van der Waals surface area contributed by atoms with Crippen molar-refractivity contribution in [2.24, 2.45) is 22.7 Å². The van der Waals surface area contributed by atoms with Gasteiger partial charge in [-0.05, 0) is 54.7 Å². The number of nitrogens with one attached hydrogen (secondary N) is 2. The molecule has 5 rings (SSSR count). The van der Waals surface area contributed by atoms with Gasteiger partial charge in [-0.1, -0.05) is 19.9 Å². The molecule has 0 bridgehead atoms. The van der Waals surface area contributed by atoms with Crippen LogP contribution in [-0.4, -0.2) is 68.3 Å². The van der Waals surface area contributed by atoms with Crippen molar-refractivity contribution in [2.75, 3.05) is 45.2 Å². The molecule has 1 saturated carbocycles. The predicted octanol–water partition coefficient (Wildman–Crippen LogP) is 4.68. The number of carbonyl (C=O) groups is 1. The van der Waals surface area contributed by atoms with Crippen molar-refractivity contribution in [3.8, 4) is 0 Å². The van der Waals surface area contributed by atoms with Crippen molar-refractivity contribution in [3.63, 3.8) is 0 Å². The third kappa shape index (κ3) is 6.10. The van der Waals surface area contributed by atoms with E-state index in [1.165, 1.54) is 18.9 Å². The van der Waals surface area contributed by atoms with E-state index in [0.29, 0.717) is 48.6 Å². The second kappa shape index (κ2) is 11.7. The van der Waals surface area contributed by atoms with E-state index in [0.717, 1.165) is 30.2 Å². The largest absolute Gasteiger partial charge is 0.402 e. The standard InChI is InChI=1S/C22H29F2N7O.C6H12/c1-27-22(32)30-7-5-18(25)17(12-30)21(26)31-6-3-4-13-8-15(14-10-28-29(2)11-14)16(20(23)24)9-19(13)31;1-5(2)6-3-4-6/h8-10,14,20,26H,3-7,11-12,25H2,1-2H3,(H,27,32);5-6H,3-4H2,1-2H3. The molecule has 1 aromatic carbocycles. The molecule has 0 aromatic heterocycles. The zero-order chi connectivity index (χ0) is 27.6. The number of hydrogen-bond acceptors (Lipinski definition) is 5. The zero-order valence-corrected chi connectivity index (χ0v) is 22.9. The number of likely N-dealkylation sites (N-methyl/N-ethyl adjacent to an activating group) is 1. The van der Waals surface area contributed by atoms with Gasteiger partial charge in [-0.3, -0.25) is 10.4 Å².